The molecule has 0 saturated heterocycles. The van der Waals surface area contributed by atoms with Crippen molar-refractivity contribution in [2.75, 3.05) is 23.3 Å². The third-order valence-corrected chi connectivity index (χ3v) is 6.98. The zero-order valence-corrected chi connectivity index (χ0v) is 20.0. The van der Waals surface area contributed by atoms with Gasteiger partial charge in [0.05, 0.1) is 28.3 Å². The molecule has 0 heterocycles. The number of hydrogen-bond acceptors (Lipinski definition) is 6. The number of nitro groups is 1. The summed E-state index contributed by atoms with van der Waals surface area (Å²) in [5.74, 6) is -0.386. The van der Waals surface area contributed by atoms with Crippen molar-refractivity contribution >= 4 is 33.0 Å². The van der Waals surface area contributed by atoms with Crippen molar-refractivity contribution in [1.29, 1.82) is 0 Å². The van der Waals surface area contributed by atoms with Crippen LogP contribution in [0.2, 0.25) is 0 Å². The Morgan fingerprint density at radius 3 is 2.26 bits per heavy atom. The standard InChI is InChI=1S/C24H25N3O6S/c1-16-5-10-20(11-6-16)34(31,32)26(22-13-17(2)7-12-23(22)33-4)15-24(28)25-21-14-19(27(29)30)9-8-18(21)3/h5-14H,15H2,1-4H3,(H,25,28). The Labute approximate surface area is 198 Å². The van der Waals surface area contributed by atoms with E-state index < -0.39 is 27.4 Å². The second kappa shape index (κ2) is 9.92. The van der Waals surface area contributed by atoms with Gasteiger partial charge in [-0.2, -0.15) is 0 Å². The molecule has 10 heteroatoms. The number of anilines is 2. The molecular weight excluding hydrogens is 458 g/mol. The molecule has 9 nitrogen and oxygen atoms in total. The molecule has 178 valence electrons. The normalized spacial score (nSPS) is 11.1. The highest BCUT2D eigenvalue weighted by molar-refractivity contribution is 7.92. The number of benzene rings is 3. The molecule has 0 saturated carbocycles. The van der Waals surface area contributed by atoms with Crippen molar-refractivity contribution in [2.45, 2.75) is 25.7 Å². The number of carbonyl (C=O) groups excluding carboxylic acids is 1. The lowest BCUT2D eigenvalue weighted by Crippen LogP contribution is -2.38. The zero-order valence-electron chi connectivity index (χ0n) is 19.2. The van der Waals surface area contributed by atoms with E-state index in [9.17, 15) is 23.3 Å². The molecule has 1 N–H and O–H groups in total. The van der Waals surface area contributed by atoms with E-state index in [-0.39, 0.29) is 27.7 Å². The van der Waals surface area contributed by atoms with Gasteiger partial charge < -0.3 is 10.1 Å². The number of non-ortho nitro benzene ring substituents is 1. The van der Waals surface area contributed by atoms with E-state index in [4.69, 9.17) is 4.74 Å². The minimum Gasteiger partial charge on any atom is -0.495 e. The summed E-state index contributed by atoms with van der Waals surface area (Å²) >= 11 is 0. The minimum absolute atomic E-state index is 0.0148. The Bertz CT molecular complexity index is 1340. The van der Waals surface area contributed by atoms with Gasteiger partial charge >= 0.3 is 0 Å². The summed E-state index contributed by atoms with van der Waals surface area (Å²) in [6, 6.07) is 15.4. The summed E-state index contributed by atoms with van der Waals surface area (Å²) in [5, 5.41) is 13.7. The number of ether oxygens (including phenoxy) is 1. The number of amides is 1. The van der Waals surface area contributed by atoms with Gasteiger partial charge in [-0.25, -0.2) is 8.42 Å². The fourth-order valence-corrected chi connectivity index (χ4v) is 4.73. The summed E-state index contributed by atoms with van der Waals surface area (Å²) in [6.07, 6.45) is 0. The van der Waals surface area contributed by atoms with Crippen LogP contribution in [0.1, 0.15) is 16.7 Å². The van der Waals surface area contributed by atoms with Crippen LogP contribution in [0.5, 0.6) is 5.75 Å². The van der Waals surface area contributed by atoms with Crippen LogP contribution in [-0.2, 0) is 14.8 Å². The molecule has 0 aromatic heterocycles. The molecule has 3 aromatic rings. The highest BCUT2D eigenvalue weighted by atomic mass is 32.2. The van der Waals surface area contributed by atoms with Crippen molar-refractivity contribution in [3.63, 3.8) is 0 Å². The number of methoxy groups -OCH3 is 1. The Balaban J connectivity index is 2.04. The highest BCUT2D eigenvalue weighted by Gasteiger charge is 2.30. The topological polar surface area (TPSA) is 119 Å². The van der Waals surface area contributed by atoms with Crippen LogP contribution in [0.4, 0.5) is 17.1 Å². The number of nitro benzene ring substituents is 1. The van der Waals surface area contributed by atoms with Crippen LogP contribution in [0.3, 0.4) is 0 Å². The Kier molecular flexibility index (Phi) is 7.21. The van der Waals surface area contributed by atoms with Crippen LogP contribution >= 0.6 is 0 Å². The lowest BCUT2D eigenvalue weighted by molar-refractivity contribution is -0.384. The average Bonchev–Trinajstić information content (AvgIpc) is 2.79. The molecule has 0 unspecified atom stereocenters. The van der Waals surface area contributed by atoms with E-state index in [0.717, 1.165) is 15.4 Å². The number of hydrogen-bond donors (Lipinski definition) is 1. The number of carbonyl (C=O) groups is 1. The first-order valence-corrected chi connectivity index (χ1v) is 11.8. The maximum atomic E-state index is 13.6. The quantitative estimate of drug-likeness (QED) is 0.376. The maximum absolute atomic E-state index is 13.6. The number of sulfonamides is 1. The molecule has 0 bridgehead atoms. The molecule has 34 heavy (non-hydrogen) atoms. The van der Waals surface area contributed by atoms with Crippen molar-refractivity contribution in [2.24, 2.45) is 0 Å². The minimum atomic E-state index is -4.16. The molecule has 0 spiro atoms. The van der Waals surface area contributed by atoms with Crippen molar-refractivity contribution in [1.82, 2.24) is 0 Å². The van der Waals surface area contributed by atoms with Crippen molar-refractivity contribution in [3.8, 4) is 5.75 Å². The molecule has 0 radical (unpaired) electrons. The van der Waals surface area contributed by atoms with Crippen LogP contribution in [0.25, 0.3) is 0 Å². The van der Waals surface area contributed by atoms with E-state index >= 15 is 0 Å². The first-order valence-electron chi connectivity index (χ1n) is 10.3. The second-order valence-electron chi connectivity index (χ2n) is 7.80. The predicted molar refractivity (Wildman–Crippen MR) is 130 cm³/mol. The number of aryl methyl sites for hydroxylation is 3. The first kappa shape index (κ1) is 24.7. The van der Waals surface area contributed by atoms with Crippen molar-refractivity contribution < 1.29 is 22.9 Å². The fourth-order valence-electron chi connectivity index (χ4n) is 3.31. The number of nitrogens with zero attached hydrogens (tertiary/aromatic N) is 2. The lowest BCUT2D eigenvalue weighted by Gasteiger charge is -2.26. The number of rotatable bonds is 8. The average molecular weight is 484 g/mol. The van der Waals surface area contributed by atoms with Crippen LogP contribution < -0.4 is 14.4 Å². The summed E-state index contributed by atoms with van der Waals surface area (Å²) in [4.78, 5) is 23.6. The molecule has 0 atom stereocenters. The zero-order chi connectivity index (χ0) is 25.0. The second-order valence-corrected chi connectivity index (χ2v) is 9.67. The fraction of sp³-hybridized carbons (Fsp3) is 0.208. The highest BCUT2D eigenvalue weighted by Crippen LogP contribution is 2.33. The molecule has 0 aliphatic rings. The summed E-state index contributed by atoms with van der Waals surface area (Å²) in [5.41, 5.74) is 2.50. The summed E-state index contributed by atoms with van der Waals surface area (Å²) in [6.45, 7) is 4.75. The Hall–Kier alpha value is -3.92. The largest absolute Gasteiger partial charge is 0.495 e. The van der Waals surface area contributed by atoms with E-state index in [2.05, 4.69) is 5.32 Å². The SMILES string of the molecule is COc1ccc(C)cc1N(CC(=O)Nc1cc([N+](=O)[O-])ccc1C)S(=O)(=O)c1ccc(C)cc1. The van der Waals surface area contributed by atoms with E-state index in [1.165, 1.54) is 37.4 Å². The first-order chi connectivity index (χ1) is 16.0. The predicted octanol–water partition coefficient (Wildman–Crippen LogP) is 4.36. The molecule has 3 aromatic carbocycles. The lowest BCUT2D eigenvalue weighted by atomic mass is 10.2. The Morgan fingerprint density at radius 1 is 1.00 bits per heavy atom. The van der Waals surface area contributed by atoms with E-state index in [1.807, 2.05) is 6.92 Å². The molecule has 0 fully saturated rings. The van der Waals surface area contributed by atoms with Gasteiger partial charge in [0.15, 0.2) is 0 Å². The van der Waals surface area contributed by atoms with Crippen LogP contribution in [0, 0.1) is 30.9 Å². The van der Waals surface area contributed by atoms with Gasteiger partial charge in [-0.05, 0) is 56.2 Å². The third kappa shape index (κ3) is 5.34. The molecule has 1 amide bonds. The van der Waals surface area contributed by atoms with Gasteiger partial charge in [-0.15, -0.1) is 0 Å². The van der Waals surface area contributed by atoms with Crippen molar-refractivity contribution in [3.05, 3.63) is 87.5 Å². The summed E-state index contributed by atoms with van der Waals surface area (Å²) in [7, 11) is -2.74. The molecule has 0 aliphatic heterocycles. The van der Waals surface area contributed by atoms with Gasteiger partial charge in [0.2, 0.25) is 5.91 Å². The smallest absolute Gasteiger partial charge is 0.271 e. The van der Waals surface area contributed by atoms with E-state index in [0.29, 0.717) is 5.56 Å². The molecular formula is C24H25N3O6S. The van der Waals surface area contributed by atoms with Gasteiger partial charge in [-0.3, -0.25) is 19.2 Å². The molecule has 3 rings (SSSR count). The summed E-state index contributed by atoms with van der Waals surface area (Å²) < 4.78 is 33.6. The van der Waals surface area contributed by atoms with Gasteiger partial charge in [0.1, 0.15) is 12.3 Å². The van der Waals surface area contributed by atoms with E-state index in [1.54, 1.807) is 44.2 Å². The van der Waals surface area contributed by atoms with Gasteiger partial charge in [0.25, 0.3) is 15.7 Å². The van der Waals surface area contributed by atoms with Gasteiger partial charge in [0, 0.05) is 12.1 Å². The molecule has 0 aliphatic carbocycles. The Morgan fingerprint density at radius 2 is 1.65 bits per heavy atom. The van der Waals surface area contributed by atoms with Crippen LogP contribution in [0.15, 0.2) is 65.6 Å². The third-order valence-electron chi connectivity index (χ3n) is 5.21. The van der Waals surface area contributed by atoms with Crippen LogP contribution in [-0.4, -0.2) is 32.9 Å². The number of nitrogens with one attached hydrogen (secondary N) is 1. The van der Waals surface area contributed by atoms with Gasteiger partial charge in [-0.1, -0.05) is 29.8 Å². The monoisotopic (exact) mass is 483 g/mol. The maximum Gasteiger partial charge on any atom is 0.271 e.